The fourth-order valence-corrected chi connectivity index (χ4v) is 3.77. The Morgan fingerprint density at radius 3 is 2.36 bits per heavy atom. The summed E-state index contributed by atoms with van der Waals surface area (Å²) in [7, 11) is 3.05. The van der Waals surface area contributed by atoms with Crippen LogP contribution >= 0.6 is 11.8 Å². The Morgan fingerprint density at radius 1 is 1.11 bits per heavy atom. The predicted octanol–water partition coefficient (Wildman–Crippen LogP) is 2.71. The third-order valence-corrected chi connectivity index (χ3v) is 5.37. The van der Waals surface area contributed by atoms with Crippen molar-refractivity contribution in [1.29, 1.82) is 0 Å². The van der Waals surface area contributed by atoms with Gasteiger partial charge in [0.25, 0.3) is 0 Å². The number of nitrogens with one attached hydrogen (secondary N) is 1. The average molecular weight is 400 g/mol. The second-order valence-electron chi connectivity index (χ2n) is 6.06. The molecule has 0 aromatic heterocycles. The van der Waals surface area contributed by atoms with Crippen LogP contribution in [0.25, 0.3) is 0 Å². The Bertz CT molecular complexity index is 865. The van der Waals surface area contributed by atoms with E-state index < -0.39 is 5.25 Å². The van der Waals surface area contributed by atoms with Crippen molar-refractivity contribution < 1.29 is 23.9 Å². The lowest BCUT2D eigenvalue weighted by molar-refractivity contribution is -0.121. The van der Waals surface area contributed by atoms with Gasteiger partial charge in [-0.2, -0.15) is 0 Å². The molecule has 1 aliphatic rings. The second-order valence-corrected chi connectivity index (χ2v) is 7.25. The predicted molar refractivity (Wildman–Crippen MR) is 108 cm³/mol. The summed E-state index contributed by atoms with van der Waals surface area (Å²) >= 11 is 1.15. The molecule has 3 amide bonds. The van der Waals surface area contributed by atoms with Crippen LogP contribution in [0.15, 0.2) is 48.5 Å². The number of hydrogen-bond acceptors (Lipinski definition) is 6. The van der Waals surface area contributed by atoms with Crippen molar-refractivity contribution in [3.63, 3.8) is 0 Å². The van der Waals surface area contributed by atoms with Crippen molar-refractivity contribution in [3.05, 3.63) is 48.5 Å². The molecule has 2 aromatic carbocycles. The smallest absolute Gasteiger partial charge is 0.247 e. The molecule has 1 fully saturated rings. The molecule has 1 aliphatic heterocycles. The third-order valence-electron chi connectivity index (χ3n) is 4.17. The number of hydrogen-bond donors (Lipinski definition) is 1. The first kappa shape index (κ1) is 19.8. The van der Waals surface area contributed by atoms with E-state index in [4.69, 9.17) is 9.47 Å². The van der Waals surface area contributed by atoms with Crippen LogP contribution in [0.1, 0.15) is 6.42 Å². The minimum absolute atomic E-state index is 0.0475. The molecule has 1 atom stereocenters. The average Bonchev–Trinajstić information content (AvgIpc) is 2.99. The SMILES string of the molecule is COc1cc(NC(=O)CS[C@H]2CC(=O)N(c3ccccc3)C2=O)cc(OC)c1. The lowest BCUT2D eigenvalue weighted by Gasteiger charge is -2.14. The number of methoxy groups -OCH3 is 2. The minimum Gasteiger partial charge on any atom is -0.497 e. The van der Waals surface area contributed by atoms with Crippen LogP contribution in [0.3, 0.4) is 0 Å². The summed E-state index contributed by atoms with van der Waals surface area (Å²) in [6, 6.07) is 13.8. The van der Waals surface area contributed by atoms with Crippen molar-refractivity contribution in [2.75, 3.05) is 30.2 Å². The number of carbonyl (C=O) groups excluding carboxylic acids is 3. The highest BCUT2D eigenvalue weighted by molar-refractivity contribution is 8.01. The largest absolute Gasteiger partial charge is 0.497 e. The Hall–Kier alpha value is -3.00. The van der Waals surface area contributed by atoms with E-state index in [2.05, 4.69) is 5.32 Å². The van der Waals surface area contributed by atoms with Gasteiger partial charge in [0.1, 0.15) is 11.5 Å². The molecule has 28 heavy (non-hydrogen) atoms. The maximum absolute atomic E-state index is 12.6. The Morgan fingerprint density at radius 2 is 1.75 bits per heavy atom. The summed E-state index contributed by atoms with van der Waals surface area (Å²) < 4.78 is 10.4. The van der Waals surface area contributed by atoms with Gasteiger partial charge < -0.3 is 14.8 Å². The molecular weight excluding hydrogens is 380 g/mol. The molecule has 1 N–H and O–H groups in total. The quantitative estimate of drug-likeness (QED) is 0.720. The molecule has 0 saturated carbocycles. The molecule has 1 saturated heterocycles. The number of benzene rings is 2. The van der Waals surface area contributed by atoms with E-state index in [9.17, 15) is 14.4 Å². The lowest BCUT2D eigenvalue weighted by Crippen LogP contribution is -2.31. The van der Waals surface area contributed by atoms with Gasteiger partial charge in [-0.3, -0.25) is 14.4 Å². The summed E-state index contributed by atoms with van der Waals surface area (Å²) in [5.41, 5.74) is 1.08. The molecule has 7 nitrogen and oxygen atoms in total. The van der Waals surface area contributed by atoms with Crippen LogP contribution in [0.4, 0.5) is 11.4 Å². The van der Waals surface area contributed by atoms with Gasteiger partial charge in [-0.1, -0.05) is 18.2 Å². The van der Waals surface area contributed by atoms with Crippen LogP contribution in [0.2, 0.25) is 0 Å². The zero-order chi connectivity index (χ0) is 20.1. The summed E-state index contributed by atoms with van der Waals surface area (Å²) in [4.78, 5) is 38.3. The van der Waals surface area contributed by atoms with Gasteiger partial charge in [0.2, 0.25) is 17.7 Å². The number of nitrogens with zero attached hydrogens (tertiary/aromatic N) is 1. The zero-order valence-electron chi connectivity index (χ0n) is 15.5. The van der Waals surface area contributed by atoms with Crippen LogP contribution in [0.5, 0.6) is 11.5 Å². The molecule has 2 aromatic rings. The van der Waals surface area contributed by atoms with Crippen LogP contribution in [0, 0.1) is 0 Å². The molecule has 0 spiro atoms. The Balaban J connectivity index is 1.59. The van der Waals surface area contributed by atoms with Crippen LogP contribution in [-0.4, -0.2) is 42.9 Å². The van der Waals surface area contributed by atoms with E-state index in [0.717, 1.165) is 11.8 Å². The van der Waals surface area contributed by atoms with E-state index in [1.807, 2.05) is 6.07 Å². The monoisotopic (exact) mass is 400 g/mol. The molecule has 0 aliphatic carbocycles. The number of ether oxygens (including phenoxy) is 2. The molecule has 146 valence electrons. The first-order chi connectivity index (χ1) is 13.5. The maximum atomic E-state index is 12.6. The second kappa shape index (κ2) is 8.79. The highest BCUT2D eigenvalue weighted by Gasteiger charge is 2.39. The summed E-state index contributed by atoms with van der Waals surface area (Å²) in [6.07, 6.45) is 0.0820. The van der Waals surface area contributed by atoms with Gasteiger partial charge in [0, 0.05) is 30.3 Å². The van der Waals surface area contributed by atoms with E-state index >= 15 is 0 Å². The first-order valence-corrected chi connectivity index (χ1v) is 9.63. The normalized spacial score (nSPS) is 16.2. The molecular formula is C20H20N2O5S. The molecule has 0 bridgehead atoms. The van der Waals surface area contributed by atoms with Gasteiger partial charge >= 0.3 is 0 Å². The van der Waals surface area contributed by atoms with Crippen molar-refractivity contribution >= 4 is 40.9 Å². The van der Waals surface area contributed by atoms with Gasteiger partial charge in [-0.15, -0.1) is 11.8 Å². The molecule has 8 heteroatoms. The lowest BCUT2D eigenvalue weighted by atomic mass is 10.2. The van der Waals surface area contributed by atoms with E-state index in [1.54, 1.807) is 42.5 Å². The highest BCUT2D eigenvalue weighted by atomic mass is 32.2. The topological polar surface area (TPSA) is 84.9 Å². The maximum Gasteiger partial charge on any atom is 0.247 e. The fraction of sp³-hybridized carbons (Fsp3) is 0.250. The van der Waals surface area contributed by atoms with Gasteiger partial charge in [0.15, 0.2) is 0 Å². The summed E-state index contributed by atoms with van der Waals surface area (Å²) in [5.74, 6) is 0.323. The number of imide groups is 1. The minimum atomic E-state index is -0.571. The van der Waals surface area contributed by atoms with Gasteiger partial charge in [0.05, 0.1) is 30.9 Å². The highest BCUT2D eigenvalue weighted by Crippen LogP contribution is 2.30. The van der Waals surface area contributed by atoms with Crippen LogP contribution < -0.4 is 19.7 Å². The number of carbonyl (C=O) groups is 3. The number of rotatable bonds is 7. The molecule has 3 rings (SSSR count). The van der Waals surface area contributed by atoms with Crippen molar-refractivity contribution in [2.45, 2.75) is 11.7 Å². The van der Waals surface area contributed by atoms with Gasteiger partial charge in [-0.05, 0) is 12.1 Å². The van der Waals surface area contributed by atoms with Crippen molar-refractivity contribution in [2.24, 2.45) is 0 Å². The van der Waals surface area contributed by atoms with Crippen molar-refractivity contribution in [3.8, 4) is 11.5 Å². The Labute approximate surface area is 167 Å². The number of thioether (sulfide) groups is 1. The molecule has 0 unspecified atom stereocenters. The summed E-state index contributed by atoms with van der Waals surface area (Å²) in [5, 5.41) is 2.18. The summed E-state index contributed by atoms with van der Waals surface area (Å²) in [6.45, 7) is 0. The number of para-hydroxylation sites is 1. The third kappa shape index (κ3) is 4.45. The molecule has 1 heterocycles. The number of anilines is 2. The number of amides is 3. The van der Waals surface area contributed by atoms with E-state index in [0.29, 0.717) is 22.9 Å². The first-order valence-electron chi connectivity index (χ1n) is 8.58. The van der Waals surface area contributed by atoms with Crippen molar-refractivity contribution in [1.82, 2.24) is 0 Å². The standard InChI is InChI=1S/C20H20N2O5S/c1-26-15-8-13(9-16(10-15)27-2)21-18(23)12-28-17-11-19(24)22(20(17)25)14-6-4-3-5-7-14/h3-10,17H,11-12H2,1-2H3,(H,21,23)/t17-/m0/s1. The van der Waals surface area contributed by atoms with E-state index in [-0.39, 0.29) is 29.9 Å². The zero-order valence-corrected chi connectivity index (χ0v) is 16.3. The molecule has 0 radical (unpaired) electrons. The Kier molecular flexibility index (Phi) is 6.20. The fourth-order valence-electron chi connectivity index (χ4n) is 2.84. The van der Waals surface area contributed by atoms with E-state index in [1.165, 1.54) is 19.1 Å². The van der Waals surface area contributed by atoms with Crippen LogP contribution in [-0.2, 0) is 14.4 Å². The van der Waals surface area contributed by atoms with Gasteiger partial charge in [-0.25, -0.2) is 4.90 Å².